The van der Waals surface area contributed by atoms with Crippen LogP contribution in [-0.2, 0) is 0 Å². The van der Waals surface area contributed by atoms with Crippen LogP contribution < -0.4 is 5.32 Å². The molecule has 1 aliphatic rings. The zero-order chi connectivity index (χ0) is 11.7. The summed E-state index contributed by atoms with van der Waals surface area (Å²) in [6, 6.07) is 0. The van der Waals surface area contributed by atoms with Gasteiger partial charge in [-0.1, -0.05) is 52.2 Å². The number of nitrogens with one attached hydrogen (secondary N) is 1. The van der Waals surface area contributed by atoms with Gasteiger partial charge >= 0.3 is 0 Å². The molecular weight excluding hydrogens is 182 g/mol. The number of rotatable bonds is 3. The van der Waals surface area contributed by atoms with Crippen LogP contribution in [0.15, 0.2) is 37.0 Å². The topological polar surface area (TPSA) is 12.0 Å². The number of hydrogen-bond acceptors (Lipinski definition) is 1. The highest BCUT2D eigenvalue weighted by molar-refractivity contribution is 5.28. The summed E-state index contributed by atoms with van der Waals surface area (Å²) in [7, 11) is 0. The average molecular weight is 207 g/mol. The third-order valence-electron chi connectivity index (χ3n) is 2.92. The molecule has 0 aromatic rings. The van der Waals surface area contributed by atoms with E-state index < -0.39 is 0 Å². The Balaban J connectivity index is 0.000000921. The minimum atomic E-state index is 0.307. The molecule has 0 aromatic heterocycles. The van der Waals surface area contributed by atoms with Crippen molar-refractivity contribution in [1.29, 1.82) is 0 Å². The molecule has 0 amide bonds. The molecule has 0 spiro atoms. The second-order valence-electron chi connectivity index (χ2n) is 3.87. The normalized spacial score (nSPS) is 19.8. The molecule has 86 valence electrons. The highest BCUT2D eigenvalue weighted by Gasteiger charge is 2.28. The molecule has 1 fully saturated rings. The van der Waals surface area contributed by atoms with Crippen LogP contribution in [0.4, 0.5) is 0 Å². The molecule has 1 N–H and O–H groups in total. The second-order valence-corrected chi connectivity index (χ2v) is 3.87. The molecule has 0 saturated carbocycles. The van der Waals surface area contributed by atoms with Crippen molar-refractivity contribution in [2.75, 3.05) is 13.1 Å². The lowest BCUT2D eigenvalue weighted by Crippen LogP contribution is -2.35. The fourth-order valence-corrected chi connectivity index (χ4v) is 1.91. The summed E-state index contributed by atoms with van der Waals surface area (Å²) in [5.41, 5.74) is 1.63. The highest BCUT2D eigenvalue weighted by Crippen LogP contribution is 2.36. The molecule has 1 heterocycles. The second kappa shape index (κ2) is 7.47. The van der Waals surface area contributed by atoms with Crippen LogP contribution in [0.3, 0.4) is 0 Å². The summed E-state index contributed by atoms with van der Waals surface area (Å²) in [6.45, 7) is 16.1. The molecule has 1 saturated heterocycles. The summed E-state index contributed by atoms with van der Waals surface area (Å²) in [5, 5.41) is 3.37. The van der Waals surface area contributed by atoms with Crippen molar-refractivity contribution >= 4 is 0 Å². The van der Waals surface area contributed by atoms with Crippen molar-refractivity contribution in [2.45, 2.75) is 33.6 Å². The molecule has 1 aliphatic heterocycles. The van der Waals surface area contributed by atoms with Crippen molar-refractivity contribution in [3.8, 4) is 0 Å². The van der Waals surface area contributed by atoms with Gasteiger partial charge in [-0.2, -0.15) is 0 Å². The monoisotopic (exact) mass is 207 g/mol. The molecule has 0 bridgehead atoms. The van der Waals surface area contributed by atoms with Crippen LogP contribution in [0, 0.1) is 5.41 Å². The maximum atomic E-state index is 3.86. The van der Waals surface area contributed by atoms with Gasteiger partial charge in [0.05, 0.1) is 0 Å². The van der Waals surface area contributed by atoms with Crippen LogP contribution in [0.1, 0.15) is 33.6 Å². The van der Waals surface area contributed by atoms with E-state index in [1.807, 2.05) is 26.0 Å². The molecule has 0 radical (unpaired) electrons. The molecule has 0 aromatic carbocycles. The van der Waals surface area contributed by atoms with E-state index >= 15 is 0 Å². The van der Waals surface area contributed by atoms with Crippen molar-refractivity contribution in [3.05, 3.63) is 37.0 Å². The van der Waals surface area contributed by atoms with E-state index in [9.17, 15) is 0 Å². The summed E-state index contributed by atoms with van der Waals surface area (Å²) in [6.07, 6.45) is 8.28. The van der Waals surface area contributed by atoms with Crippen LogP contribution in [0.2, 0.25) is 0 Å². The number of piperidine rings is 1. The van der Waals surface area contributed by atoms with E-state index in [2.05, 4.69) is 31.5 Å². The Morgan fingerprint density at radius 3 is 2.13 bits per heavy atom. The quantitative estimate of drug-likeness (QED) is 0.696. The Morgan fingerprint density at radius 2 is 1.73 bits per heavy atom. The maximum Gasteiger partial charge on any atom is -0.00405 e. The first-order valence-corrected chi connectivity index (χ1v) is 5.89. The molecule has 0 atom stereocenters. The van der Waals surface area contributed by atoms with Gasteiger partial charge < -0.3 is 5.32 Å². The lowest BCUT2D eigenvalue weighted by Gasteiger charge is -2.35. The first-order valence-electron chi connectivity index (χ1n) is 5.89. The Kier molecular flexibility index (Phi) is 7.06. The fourth-order valence-electron chi connectivity index (χ4n) is 1.91. The smallest absolute Gasteiger partial charge is 0.00405 e. The standard InChI is InChI=1S/C12H19N.C2H6/c1-4-6-11(5-2)12(3)7-9-13-10-8-12;1-2/h4-6,13H,1-2,7-10H2,3H3;1-2H3/b11-6+;. The lowest BCUT2D eigenvalue weighted by atomic mass is 9.74. The summed E-state index contributed by atoms with van der Waals surface area (Å²) in [4.78, 5) is 0. The van der Waals surface area contributed by atoms with Gasteiger partial charge in [-0.15, -0.1) is 0 Å². The number of allylic oxidation sites excluding steroid dienone is 4. The van der Waals surface area contributed by atoms with E-state index in [0.29, 0.717) is 5.41 Å². The van der Waals surface area contributed by atoms with E-state index in [1.54, 1.807) is 0 Å². The lowest BCUT2D eigenvalue weighted by molar-refractivity contribution is 0.288. The zero-order valence-corrected chi connectivity index (χ0v) is 10.5. The first kappa shape index (κ1) is 14.2. The van der Waals surface area contributed by atoms with E-state index in [1.165, 1.54) is 18.4 Å². The highest BCUT2D eigenvalue weighted by atomic mass is 14.9. The Morgan fingerprint density at radius 1 is 1.20 bits per heavy atom. The van der Waals surface area contributed by atoms with Gasteiger partial charge in [0.1, 0.15) is 0 Å². The van der Waals surface area contributed by atoms with Gasteiger partial charge in [0.15, 0.2) is 0 Å². The van der Waals surface area contributed by atoms with E-state index in [0.717, 1.165) is 13.1 Å². The molecular formula is C14H25N. The Labute approximate surface area is 95.0 Å². The van der Waals surface area contributed by atoms with Crippen LogP contribution >= 0.6 is 0 Å². The van der Waals surface area contributed by atoms with Gasteiger partial charge in [0.2, 0.25) is 0 Å². The fraction of sp³-hybridized carbons (Fsp3) is 0.571. The molecule has 1 rings (SSSR count). The third kappa shape index (κ3) is 4.05. The molecule has 0 unspecified atom stereocenters. The van der Waals surface area contributed by atoms with Crippen molar-refractivity contribution in [3.63, 3.8) is 0 Å². The largest absolute Gasteiger partial charge is 0.317 e. The molecule has 0 aliphatic carbocycles. The van der Waals surface area contributed by atoms with Gasteiger partial charge in [-0.05, 0) is 36.9 Å². The van der Waals surface area contributed by atoms with Crippen molar-refractivity contribution < 1.29 is 0 Å². The Bertz CT molecular complexity index is 219. The Hall–Kier alpha value is -0.820. The third-order valence-corrected chi connectivity index (χ3v) is 2.92. The minimum absolute atomic E-state index is 0.307. The minimum Gasteiger partial charge on any atom is -0.317 e. The number of hydrogen-bond donors (Lipinski definition) is 1. The molecule has 15 heavy (non-hydrogen) atoms. The predicted molar refractivity (Wildman–Crippen MR) is 70.0 cm³/mol. The van der Waals surface area contributed by atoms with Crippen molar-refractivity contribution in [2.24, 2.45) is 5.41 Å². The van der Waals surface area contributed by atoms with Crippen molar-refractivity contribution in [1.82, 2.24) is 5.32 Å². The van der Waals surface area contributed by atoms with Gasteiger partial charge in [0, 0.05) is 0 Å². The SMILES string of the molecule is C=C/C=C(\C=C)C1(C)CCNCC1.CC. The molecule has 1 heteroatoms. The van der Waals surface area contributed by atoms with Crippen LogP contribution in [0.25, 0.3) is 0 Å². The summed E-state index contributed by atoms with van der Waals surface area (Å²) in [5.74, 6) is 0. The maximum absolute atomic E-state index is 3.86. The van der Waals surface area contributed by atoms with Crippen LogP contribution in [0.5, 0.6) is 0 Å². The van der Waals surface area contributed by atoms with Gasteiger partial charge in [-0.3, -0.25) is 0 Å². The molecule has 1 nitrogen and oxygen atoms in total. The van der Waals surface area contributed by atoms with Crippen LogP contribution in [-0.4, -0.2) is 13.1 Å². The zero-order valence-electron chi connectivity index (χ0n) is 10.5. The first-order chi connectivity index (χ1) is 7.23. The summed E-state index contributed by atoms with van der Waals surface area (Å²) >= 11 is 0. The summed E-state index contributed by atoms with van der Waals surface area (Å²) < 4.78 is 0. The predicted octanol–water partition coefficient (Wildman–Crippen LogP) is 3.70. The van der Waals surface area contributed by atoms with E-state index in [-0.39, 0.29) is 0 Å². The van der Waals surface area contributed by atoms with E-state index in [4.69, 9.17) is 0 Å². The van der Waals surface area contributed by atoms with Gasteiger partial charge in [0.25, 0.3) is 0 Å². The van der Waals surface area contributed by atoms with Gasteiger partial charge in [-0.25, -0.2) is 0 Å². The average Bonchev–Trinajstić information content (AvgIpc) is 2.29.